The zero-order valence-corrected chi connectivity index (χ0v) is 8.67. The van der Waals surface area contributed by atoms with E-state index in [1.165, 1.54) is 0 Å². The molecule has 1 aromatic heterocycles. The summed E-state index contributed by atoms with van der Waals surface area (Å²) in [4.78, 5) is 3.92. The Labute approximate surface area is 82.8 Å². The fourth-order valence-electron chi connectivity index (χ4n) is 1.39. The molecule has 0 aromatic carbocycles. The van der Waals surface area contributed by atoms with Gasteiger partial charge in [-0.15, -0.1) is 0 Å². The van der Waals surface area contributed by atoms with Crippen LogP contribution in [0.2, 0.25) is 0 Å². The minimum Gasteiger partial charge on any atom is -0.491 e. The summed E-state index contributed by atoms with van der Waals surface area (Å²) in [6, 6.07) is 1.71. The lowest BCUT2D eigenvalue weighted by Gasteiger charge is -2.05. The quantitative estimate of drug-likeness (QED) is 0.643. The molecule has 76 valence electrons. The summed E-state index contributed by atoms with van der Waals surface area (Å²) < 4.78 is 28.6. The van der Waals surface area contributed by atoms with Gasteiger partial charge in [0.05, 0.1) is 12.4 Å². The zero-order chi connectivity index (χ0) is 10.2. The fraction of sp³-hybridized carbons (Fsp3) is 0.444. The van der Waals surface area contributed by atoms with Crippen LogP contribution in [-0.2, 0) is 9.84 Å². The Morgan fingerprint density at radius 3 is 3.07 bits per heavy atom. The number of fused-ring (bicyclic) bond motifs is 1. The van der Waals surface area contributed by atoms with Gasteiger partial charge in [0.2, 0.25) is 0 Å². The number of ether oxygens (including phenoxy) is 1. The van der Waals surface area contributed by atoms with Crippen molar-refractivity contribution in [2.24, 2.45) is 0 Å². The average Bonchev–Trinajstić information content (AvgIpc) is 2.25. The van der Waals surface area contributed by atoms with Gasteiger partial charge in [0.25, 0.3) is 0 Å². The first-order chi connectivity index (χ1) is 6.59. The molecule has 0 amide bonds. The predicted molar refractivity (Wildman–Crippen MR) is 51.1 cm³/mol. The summed E-state index contributed by atoms with van der Waals surface area (Å²) >= 11 is 0. The normalized spacial score (nSPS) is 19.2. The van der Waals surface area contributed by atoms with Crippen molar-refractivity contribution in [2.45, 2.75) is 18.4 Å². The molecule has 1 aromatic rings. The number of hydrogen-bond donors (Lipinski definition) is 0. The molecule has 0 atom stereocenters. The summed E-state index contributed by atoms with van der Waals surface area (Å²) in [6.07, 6.45) is 2.07. The summed E-state index contributed by atoms with van der Waals surface area (Å²) in [5, 5.41) is 0.0839. The first-order valence-electron chi connectivity index (χ1n) is 4.42. The Kier molecular flexibility index (Phi) is 2.19. The number of aromatic nitrogens is 1. The van der Waals surface area contributed by atoms with E-state index in [9.17, 15) is 8.42 Å². The Bertz CT molecular complexity index is 453. The first-order valence-corrected chi connectivity index (χ1v) is 6.07. The van der Waals surface area contributed by atoms with Crippen LogP contribution in [0.5, 0.6) is 5.75 Å². The highest BCUT2D eigenvalue weighted by Crippen LogP contribution is 2.26. The predicted octanol–water partition coefficient (Wildman–Crippen LogP) is 0.946. The topological polar surface area (TPSA) is 56.3 Å². The minimum absolute atomic E-state index is 0.0839. The summed E-state index contributed by atoms with van der Waals surface area (Å²) in [6.45, 7) is 2.30. The van der Waals surface area contributed by atoms with Crippen LogP contribution < -0.4 is 4.74 Å². The van der Waals surface area contributed by atoms with Gasteiger partial charge in [-0.3, -0.25) is 0 Å². The molecule has 0 unspecified atom stereocenters. The molecule has 5 heteroatoms. The standard InChI is InChI=1S/C9H11NO3S/c1-7-5-8-9(10-6-7)14(11,12)4-2-3-13-8/h5-6H,2-4H2,1H3. The molecule has 2 heterocycles. The lowest BCUT2D eigenvalue weighted by Crippen LogP contribution is -2.07. The van der Waals surface area contributed by atoms with E-state index in [0.29, 0.717) is 18.8 Å². The lowest BCUT2D eigenvalue weighted by molar-refractivity contribution is 0.312. The van der Waals surface area contributed by atoms with Gasteiger partial charge in [0.1, 0.15) is 0 Å². The van der Waals surface area contributed by atoms with E-state index >= 15 is 0 Å². The van der Waals surface area contributed by atoms with Gasteiger partial charge in [-0.05, 0) is 25.0 Å². The van der Waals surface area contributed by atoms with Gasteiger partial charge in [-0.25, -0.2) is 13.4 Å². The van der Waals surface area contributed by atoms with Gasteiger partial charge in [-0.2, -0.15) is 0 Å². The van der Waals surface area contributed by atoms with Crippen molar-refractivity contribution >= 4 is 9.84 Å². The summed E-state index contributed by atoms with van der Waals surface area (Å²) in [5.74, 6) is 0.512. The van der Waals surface area contributed by atoms with Crippen LogP contribution in [0.15, 0.2) is 17.3 Å². The van der Waals surface area contributed by atoms with Crippen molar-refractivity contribution in [2.75, 3.05) is 12.4 Å². The molecule has 1 aliphatic rings. The molecular formula is C9H11NO3S. The van der Waals surface area contributed by atoms with E-state index in [1.807, 2.05) is 6.92 Å². The van der Waals surface area contributed by atoms with Crippen molar-refractivity contribution in [1.82, 2.24) is 4.98 Å². The summed E-state index contributed by atoms with van der Waals surface area (Å²) in [5.41, 5.74) is 0.904. The second-order valence-electron chi connectivity index (χ2n) is 3.34. The molecule has 0 bridgehead atoms. The first kappa shape index (κ1) is 9.45. The number of aryl methyl sites for hydroxylation is 1. The number of pyridine rings is 1. The molecule has 2 rings (SSSR count). The SMILES string of the molecule is Cc1cnc2c(c1)OCCCS2(=O)=O. The van der Waals surface area contributed by atoms with Crippen LogP contribution in [-0.4, -0.2) is 25.8 Å². The monoisotopic (exact) mass is 213 g/mol. The highest BCUT2D eigenvalue weighted by atomic mass is 32.2. The van der Waals surface area contributed by atoms with Crippen LogP contribution in [0.25, 0.3) is 0 Å². The number of rotatable bonds is 0. The highest BCUT2D eigenvalue weighted by molar-refractivity contribution is 7.91. The Morgan fingerprint density at radius 2 is 2.29 bits per heavy atom. The fourth-order valence-corrected chi connectivity index (χ4v) is 2.72. The van der Waals surface area contributed by atoms with E-state index in [2.05, 4.69) is 4.98 Å². The van der Waals surface area contributed by atoms with Crippen molar-refractivity contribution in [3.63, 3.8) is 0 Å². The Morgan fingerprint density at radius 1 is 1.50 bits per heavy atom. The summed E-state index contributed by atoms with van der Waals surface area (Å²) in [7, 11) is -3.23. The van der Waals surface area contributed by atoms with Crippen molar-refractivity contribution in [3.8, 4) is 5.75 Å². The van der Waals surface area contributed by atoms with E-state index in [0.717, 1.165) is 5.56 Å². The molecule has 0 spiro atoms. The van der Waals surface area contributed by atoms with Crippen molar-refractivity contribution < 1.29 is 13.2 Å². The molecule has 0 saturated carbocycles. The van der Waals surface area contributed by atoms with Crippen molar-refractivity contribution in [1.29, 1.82) is 0 Å². The maximum absolute atomic E-state index is 11.7. The second kappa shape index (κ2) is 3.24. The zero-order valence-electron chi connectivity index (χ0n) is 7.86. The molecule has 0 radical (unpaired) electrons. The van der Waals surface area contributed by atoms with Crippen LogP contribution in [0.1, 0.15) is 12.0 Å². The molecule has 1 aliphatic heterocycles. The number of nitrogens with zero attached hydrogens (tertiary/aromatic N) is 1. The van der Waals surface area contributed by atoms with E-state index in [-0.39, 0.29) is 10.8 Å². The van der Waals surface area contributed by atoms with Crippen molar-refractivity contribution in [3.05, 3.63) is 17.8 Å². The van der Waals surface area contributed by atoms with Gasteiger partial charge in [0, 0.05) is 6.20 Å². The van der Waals surface area contributed by atoms with Gasteiger partial charge >= 0.3 is 0 Å². The third kappa shape index (κ3) is 1.59. The van der Waals surface area contributed by atoms with Gasteiger partial charge < -0.3 is 4.74 Å². The Balaban J connectivity index is 2.62. The van der Waals surface area contributed by atoms with Crippen LogP contribution in [0, 0.1) is 6.92 Å². The molecular weight excluding hydrogens is 202 g/mol. The van der Waals surface area contributed by atoms with E-state index < -0.39 is 9.84 Å². The van der Waals surface area contributed by atoms with Crippen LogP contribution in [0.3, 0.4) is 0 Å². The third-order valence-electron chi connectivity index (χ3n) is 2.06. The molecule has 0 N–H and O–H groups in total. The Hall–Kier alpha value is -1.10. The third-order valence-corrected chi connectivity index (χ3v) is 3.79. The van der Waals surface area contributed by atoms with Gasteiger partial charge in [-0.1, -0.05) is 0 Å². The smallest absolute Gasteiger partial charge is 0.199 e. The second-order valence-corrected chi connectivity index (χ2v) is 5.36. The highest BCUT2D eigenvalue weighted by Gasteiger charge is 2.24. The largest absolute Gasteiger partial charge is 0.491 e. The molecule has 4 nitrogen and oxygen atoms in total. The van der Waals surface area contributed by atoms with Crippen LogP contribution in [0.4, 0.5) is 0 Å². The van der Waals surface area contributed by atoms with E-state index in [1.54, 1.807) is 12.3 Å². The maximum atomic E-state index is 11.7. The number of sulfone groups is 1. The molecule has 0 aliphatic carbocycles. The molecule has 0 saturated heterocycles. The average molecular weight is 213 g/mol. The maximum Gasteiger partial charge on any atom is 0.199 e. The van der Waals surface area contributed by atoms with Gasteiger partial charge in [0.15, 0.2) is 20.6 Å². The minimum atomic E-state index is -3.23. The van der Waals surface area contributed by atoms with Crippen LogP contribution >= 0.6 is 0 Å². The van der Waals surface area contributed by atoms with E-state index in [4.69, 9.17) is 4.74 Å². The molecule has 14 heavy (non-hydrogen) atoms. The lowest BCUT2D eigenvalue weighted by atomic mass is 10.3. The number of hydrogen-bond acceptors (Lipinski definition) is 4. The molecule has 0 fully saturated rings.